The maximum Gasteiger partial charge on any atom is 0.228 e. The molecule has 2 N–H and O–H groups in total. The van der Waals surface area contributed by atoms with Crippen LogP contribution in [0.2, 0.25) is 0 Å². The monoisotopic (exact) mass is 397 g/mol. The summed E-state index contributed by atoms with van der Waals surface area (Å²) in [7, 11) is 0. The maximum atomic E-state index is 13.6. The van der Waals surface area contributed by atoms with Crippen LogP contribution in [0.4, 0.5) is 15.8 Å². The molecule has 1 aliphatic rings. The quantitative estimate of drug-likeness (QED) is 0.680. The molecular formula is C23H28FN3O2. The van der Waals surface area contributed by atoms with Crippen molar-refractivity contribution >= 4 is 23.2 Å². The van der Waals surface area contributed by atoms with Crippen LogP contribution in [0.15, 0.2) is 48.5 Å². The zero-order valence-corrected chi connectivity index (χ0v) is 17.0. The van der Waals surface area contributed by atoms with Crippen molar-refractivity contribution in [3.63, 3.8) is 0 Å². The number of carbonyl (C=O) groups excluding carboxylic acids is 2. The third-order valence-electron chi connectivity index (χ3n) is 5.38. The van der Waals surface area contributed by atoms with Crippen LogP contribution in [-0.2, 0) is 16.0 Å². The smallest absolute Gasteiger partial charge is 0.228 e. The predicted octanol–water partition coefficient (Wildman–Crippen LogP) is 3.61. The molecule has 0 aromatic heterocycles. The van der Waals surface area contributed by atoms with Gasteiger partial charge in [0.05, 0.1) is 11.8 Å². The normalized spacial score (nSPS) is 17.5. The SMILES string of the molecule is CCN(CC)c1ccc(NC(=O)C2CC2C(=O)NCCc2ccccc2F)cc1. The highest BCUT2D eigenvalue weighted by atomic mass is 19.1. The minimum Gasteiger partial charge on any atom is -0.372 e. The van der Waals surface area contributed by atoms with Gasteiger partial charge in [-0.2, -0.15) is 0 Å². The summed E-state index contributed by atoms with van der Waals surface area (Å²) in [6, 6.07) is 14.3. The van der Waals surface area contributed by atoms with E-state index in [9.17, 15) is 14.0 Å². The third-order valence-corrected chi connectivity index (χ3v) is 5.38. The first-order valence-electron chi connectivity index (χ1n) is 10.2. The summed E-state index contributed by atoms with van der Waals surface area (Å²) in [6.07, 6.45) is 0.982. The summed E-state index contributed by atoms with van der Waals surface area (Å²) in [5, 5.41) is 5.70. The molecular weight excluding hydrogens is 369 g/mol. The van der Waals surface area contributed by atoms with Crippen LogP contribution in [-0.4, -0.2) is 31.4 Å². The molecule has 2 aromatic carbocycles. The van der Waals surface area contributed by atoms with Gasteiger partial charge >= 0.3 is 0 Å². The number of hydrogen-bond acceptors (Lipinski definition) is 3. The van der Waals surface area contributed by atoms with Gasteiger partial charge in [0.15, 0.2) is 0 Å². The molecule has 0 radical (unpaired) electrons. The topological polar surface area (TPSA) is 61.4 Å². The Morgan fingerprint density at radius 1 is 1.00 bits per heavy atom. The fourth-order valence-electron chi connectivity index (χ4n) is 3.51. The molecule has 2 amide bonds. The van der Waals surface area contributed by atoms with E-state index in [4.69, 9.17) is 0 Å². The van der Waals surface area contributed by atoms with E-state index in [0.717, 1.165) is 24.5 Å². The minimum atomic E-state index is -0.300. The first-order valence-corrected chi connectivity index (χ1v) is 10.2. The van der Waals surface area contributed by atoms with Crippen molar-refractivity contribution in [3.8, 4) is 0 Å². The fourth-order valence-corrected chi connectivity index (χ4v) is 3.51. The number of anilines is 2. The lowest BCUT2D eigenvalue weighted by molar-refractivity contribution is -0.125. The van der Waals surface area contributed by atoms with Crippen molar-refractivity contribution in [2.24, 2.45) is 11.8 Å². The molecule has 0 heterocycles. The fraction of sp³-hybridized carbons (Fsp3) is 0.391. The van der Waals surface area contributed by atoms with E-state index >= 15 is 0 Å². The first kappa shape index (κ1) is 20.8. The molecule has 3 rings (SSSR count). The molecule has 154 valence electrons. The highest BCUT2D eigenvalue weighted by Gasteiger charge is 2.47. The van der Waals surface area contributed by atoms with E-state index in [0.29, 0.717) is 24.9 Å². The predicted molar refractivity (Wildman–Crippen MR) is 113 cm³/mol. The molecule has 29 heavy (non-hydrogen) atoms. The van der Waals surface area contributed by atoms with Gasteiger partial charge in [-0.15, -0.1) is 0 Å². The molecule has 1 aliphatic carbocycles. The van der Waals surface area contributed by atoms with E-state index in [2.05, 4.69) is 29.4 Å². The second kappa shape index (κ2) is 9.54. The summed E-state index contributed by atoms with van der Waals surface area (Å²) >= 11 is 0. The average molecular weight is 397 g/mol. The van der Waals surface area contributed by atoms with E-state index in [-0.39, 0.29) is 29.5 Å². The molecule has 0 aliphatic heterocycles. The number of hydrogen-bond donors (Lipinski definition) is 2. The Kier molecular flexibility index (Phi) is 6.86. The number of carbonyl (C=O) groups is 2. The number of nitrogens with one attached hydrogen (secondary N) is 2. The average Bonchev–Trinajstić information content (AvgIpc) is 3.53. The molecule has 2 unspecified atom stereocenters. The van der Waals surface area contributed by atoms with Crippen molar-refractivity contribution in [2.45, 2.75) is 26.7 Å². The number of nitrogens with zero attached hydrogens (tertiary/aromatic N) is 1. The number of amides is 2. The Labute approximate surface area is 171 Å². The zero-order valence-electron chi connectivity index (χ0n) is 17.0. The zero-order chi connectivity index (χ0) is 20.8. The van der Waals surface area contributed by atoms with E-state index < -0.39 is 0 Å². The highest BCUT2D eigenvalue weighted by Crippen LogP contribution is 2.39. The van der Waals surface area contributed by atoms with Crippen LogP contribution in [0, 0.1) is 17.7 Å². The molecule has 1 saturated carbocycles. The van der Waals surface area contributed by atoms with Crippen LogP contribution >= 0.6 is 0 Å². The summed E-state index contributed by atoms with van der Waals surface area (Å²) in [4.78, 5) is 26.9. The van der Waals surface area contributed by atoms with Crippen molar-refractivity contribution in [1.82, 2.24) is 5.32 Å². The number of benzene rings is 2. The van der Waals surface area contributed by atoms with Crippen molar-refractivity contribution in [1.29, 1.82) is 0 Å². The molecule has 1 fully saturated rings. The Balaban J connectivity index is 1.44. The molecule has 6 heteroatoms. The standard InChI is InChI=1S/C23H28FN3O2/c1-3-27(4-2)18-11-9-17(10-12-18)26-23(29)20-15-19(20)22(28)25-14-13-16-7-5-6-8-21(16)24/h5-12,19-20H,3-4,13-15H2,1-2H3,(H,25,28)(H,26,29). The van der Waals surface area contributed by atoms with Crippen LogP contribution < -0.4 is 15.5 Å². The van der Waals surface area contributed by atoms with Gasteiger partial charge in [-0.05, 0) is 62.6 Å². The Morgan fingerprint density at radius 2 is 1.66 bits per heavy atom. The maximum absolute atomic E-state index is 13.6. The number of rotatable bonds is 9. The second-order valence-electron chi connectivity index (χ2n) is 7.29. The highest BCUT2D eigenvalue weighted by molar-refractivity contribution is 5.99. The van der Waals surface area contributed by atoms with Crippen LogP contribution in [0.3, 0.4) is 0 Å². The largest absolute Gasteiger partial charge is 0.372 e. The van der Waals surface area contributed by atoms with Crippen LogP contribution in [0.5, 0.6) is 0 Å². The Morgan fingerprint density at radius 3 is 2.31 bits per heavy atom. The third kappa shape index (κ3) is 5.34. The van der Waals surface area contributed by atoms with E-state index in [1.54, 1.807) is 18.2 Å². The number of halogens is 1. The second-order valence-corrected chi connectivity index (χ2v) is 7.29. The minimum absolute atomic E-state index is 0.130. The van der Waals surface area contributed by atoms with Gasteiger partial charge in [-0.25, -0.2) is 4.39 Å². The summed E-state index contributed by atoms with van der Waals surface area (Å²) in [6.45, 7) is 6.43. The van der Waals surface area contributed by atoms with E-state index in [1.165, 1.54) is 6.07 Å². The van der Waals surface area contributed by atoms with Gasteiger partial charge < -0.3 is 15.5 Å². The van der Waals surface area contributed by atoms with Gasteiger partial charge in [0.25, 0.3) is 0 Å². The summed E-state index contributed by atoms with van der Waals surface area (Å²) < 4.78 is 13.6. The van der Waals surface area contributed by atoms with Crippen molar-refractivity contribution in [2.75, 3.05) is 29.9 Å². The molecule has 2 aromatic rings. The summed E-state index contributed by atoms with van der Waals surface area (Å²) in [5.41, 5.74) is 2.43. The lowest BCUT2D eigenvalue weighted by Gasteiger charge is -2.21. The summed E-state index contributed by atoms with van der Waals surface area (Å²) in [5.74, 6) is -1.14. The van der Waals surface area contributed by atoms with Crippen LogP contribution in [0.1, 0.15) is 25.8 Å². The van der Waals surface area contributed by atoms with Gasteiger partial charge in [-0.1, -0.05) is 18.2 Å². The molecule has 0 spiro atoms. The lowest BCUT2D eigenvalue weighted by Crippen LogP contribution is -2.29. The van der Waals surface area contributed by atoms with E-state index in [1.807, 2.05) is 24.3 Å². The van der Waals surface area contributed by atoms with Crippen LogP contribution in [0.25, 0.3) is 0 Å². The van der Waals surface area contributed by atoms with Gasteiger partial charge in [-0.3, -0.25) is 9.59 Å². The van der Waals surface area contributed by atoms with Gasteiger partial charge in [0.1, 0.15) is 5.82 Å². The van der Waals surface area contributed by atoms with Crippen molar-refractivity contribution < 1.29 is 14.0 Å². The van der Waals surface area contributed by atoms with Gasteiger partial charge in [0.2, 0.25) is 11.8 Å². The first-order chi connectivity index (χ1) is 14.0. The molecule has 5 nitrogen and oxygen atoms in total. The Hall–Kier alpha value is -2.89. The van der Waals surface area contributed by atoms with Crippen molar-refractivity contribution in [3.05, 3.63) is 59.9 Å². The Bertz CT molecular complexity index is 849. The van der Waals surface area contributed by atoms with Gasteiger partial charge in [0, 0.05) is 31.0 Å². The molecule has 0 bridgehead atoms. The molecule has 0 saturated heterocycles. The lowest BCUT2D eigenvalue weighted by atomic mass is 10.1. The molecule has 2 atom stereocenters.